The Balaban J connectivity index is 0. The van der Waals surface area contributed by atoms with Crippen molar-refractivity contribution < 1.29 is 4.79 Å². The van der Waals surface area contributed by atoms with Gasteiger partial charge in [0.2, 0.25) is 0 Å². The Labute approximate surface area is 107 Å². The highest BCUT2D eigenvalue weighted by molar-refractivity contribution is 5.77. The third kappa shape index (κ3) is 6.25. The highest BCUT2D eigenvalue weighted by Gasteiger charge is 2.12. The molecule has 1 atom stereocenters. The molecule has 1 nitrogen and oxygen atoms in total. The summed E-state index contributed by atoms with van der Waals surface area (Å²) >= 11 is 0. The summed E-state index contributed by atoms with van der Waals surface area (Å²) in [6.07, 6.45) is 0.939. The summed E-state index contributed by atoms with van der Waals surface area (Å²) < 4.78 is 0. The van der Waals surface area contributed by atoms with Gasteiger partial charge in [0.05, 0.1) is 0 Å². The number of hydrogen-bond donors (Lipinski definition) is 0. The average molecular weight is 236 g/mol. The molecule has 0 bridgehead atoms. The Morgan fingerprint density at radius 2 is 1.41 bits per heavy atom. The van der Waals surface area contributed by atoms with Crippen molar-refractivity contribution in [2.75, 3.05) is 0 Å². The first-order valence-corrected chi connectivity index (χ1v) is 6.71. The normalized spacial score (nSPS) is 10.6. The number of carbonyl (C=O) groups is 1. The molecule has 0 saturated carbocycles. The average Bonchev–Trinajstić information content (AvgIpc) is 2.42. The molecule has 1 heteroatoms. The molecular weight excluding hydrogens is 208 g/mol. The van der Waals surface area contributed by atoms with Gasteiger partial charge in [-0.05, 0) is 17.4 Å². The molecule has 0 aromatic heterocycles. The summed E-state index contributed by atoms with van der Waals surface area (Å²) in [7, 11) is 0. The van der Waals surface area contributed by atoms with Gasteiger partial charge in [-0.1, -0.05) is 72.7 Å². The molecule has 1 aromatic carbocycles. The summed E-state index contributed by atoms with van der Waals surface area (Å²) in [6, 6.07) is 7.80. The molecule has 0 aliphatic heterocycles. The van der Waals surface area contributed by atoms with Crippen LogP contribution in [0.2, 0.25) is 0 Å². The molecular formula is C16H28O. The standard InChI is InChI=1S/C12H16O.2C2H6/c1-9(2)10(3)12-7-5-4-6-11(12)8-13;2*1-2/h4-10H,1-3H3;2*1-2H3. The summed E-state index contributed by atoms with van der Waals surface area (Å²) in [5, 5.41) is 0. The Morgan fingerprint density at radius 1 is 0.941 bits per heavy atom. The zero-order valence-electron chi connectivity index (χ0n) is 12.4. The monoisotopic (exact) mass is 236 g/mol. The molecule has 98 valence electrons. The SMILES string of the molecule is CC.CC.CC(C)C(C)c1ccccc1C=O. The number of aldehydes is 1. The van der Waals surface area contributed by atoms with Gasteiger partial charge in [-0.25, -0.2) is 0 Å². The third-order valence-electron chi connectivity index (χ3n) is 2.61. The number of carbonyl (C=O) groups excluding carboxylic acids is 1. The van der Waals surface area contributed by atoms with Crippen LogP contribution in [0.5, 0.6) is 0 Å². The molecule has 0 saturated heterocycles. The number of rotatable bonds is 3. The van der Waals surface area contributed by atoms with Gasteiger partial charge in [0.25, 0.3) is 0 Å². The van der Waals surface area contributed by atoms with Gasteiger partial charge in [-0.2, -0.15) is 0 Å². The summed E-state index contributed by atoms with van der Waals surface area (Å²) in [4.78, 5) is 10.8. The molecule has 0 aliphatic carbocycles. The van der Waals surface area contributed by atoms with E-state index in [2.05, 4.69) is 20.8 Å². The van der Waals surface area contributed by atoms with Crippen molar-refractivity contribution in [3.8, 4) is 0 Å². The quantitative estimate of drug-likeness (QED) is 0.650. The van der Waals surface area contributed by atoms with Crippen LogP contribution in [-0.2, 0) is 0 Å². The lowest BCUT2D eigenvalue weighted by Gasteiger charge is -2.17. The molecule has 1 unspecified atom stereocenters. The van der Waals surface area contributed by atoms with Gasteiger partial charge >= 0.3 is 0 Å². The Bertz CT molecular complexity index is 289. The molecule has 0 fully saturated rings. The summed E-state index contributed by atoms with van der Waals surface area (Å²) in [5.41, 5.74) is 1.98. The van der Waals surface area contributed by atoms with E-state index in [1.54, 1.807) is 0 Å². The second-order valence-corrected chi connectivity index (χ2v) is 3.78. The van der Waals surface area contributed by atoms with Crippen molar-refractivity contribution in [1.29, 1.82) is 0 Å². The lowest BCUT2D eigenvalue weighted by Crippen LogP contribution is -2.04. The molecule has 0 amide bonds. The predicted octanol–water partition coefficient (Wildman–Crippen LogP) is 5.31. The van der Waals surface area contributed by atoms with Gasteiger partial charge < -0.3 is 0 Å². The van der Waals surface area contributed by atoms with Crippen molar-refractivity contribution in [3.63, 3.8) is 0 Å². The van der Waals surface area contributed by atoms with Crippen LogP contribution in [0.15, 0.2) is 24.3 Å². The highest BCUT2D eigenvalue weighted by Crippen LogP contribution is 2.25. The lowest BCUT2D eigenvalue weighted by atomic mass is 9.88. The van der Waals surface area contributed by atoms with E-state index < -0.39 is 0 Å². The van der Waals surface area contributed by atoms with E-state index in [9.17, 15) is 4.79 Å². The van der Waals surface area contributed by atoms with Crippen LogP contribution in [0, 0.1) is 5.92 Å². The maximum atomic E-state index is 10.8. The van der Waals surface area contributed by atoms with Gasteiger partial charge in [-0.3, -0.25) is 4.79 Å². The molecule has 0 spiro atoms. The van der Waals surface area contributed by atoms with Crippen molar-refractivity contribution in [2.45, 2.75) is 54.4 Å². The molecule has 0 heterocycles. The Morgan fingerprint density at radius 3 is 1.82 bits per heavy atom. The Kier molecular flexibility index (Phi) is 12.2. The first-order valence-electron chi connectivity index (χ1n) is 6.71. The van der Waals surface area contributed by atoms with Gasteiger partial charge in [0.15, 0.2) is 0 Å². The van der Waals surface area contributed by atoms with Crippen LogP contribution in [0.1, 0.15) is 70.3 Å². The lowest BCUT2D eigenvalue weighted by molar-refractivity contribution is 0.112. The van der Waals surface area contributed by atoms with Crippen molar-refractivity contribution in [3.05, 3.63) is 35.4 Å². The van der Waals surface area contributed by atoms with E-state index in [1.807, 2.05) is 52.0 Å². The highest BCUT2D eigenvalue weighted by atomic mass is 16.1. The fourth-order valence-corrected chi connectivity index (χ4v) is 1.39. The first kappa shape index (κ1) is 18.3. The number of benzene rings is 1. The molecule has 1 aromatic rings. The fourth-order valence-electron chi connectivity index (χ4n) is 1.39. The van der Waals surface area contributed by atoms with Gasteiger partial charge in [0, 0.05) is 5.56 Å². The van der Waals surface area contributed by atoms with Crippen LogP contribution in [-0.4, -0.2) is 6.29 Å². The zero-order chi connectivity index (χ0) is 13.8. The minimum Gasteiger partial charge on any atom is -0.298 e. The van der Waals surface area contributed by atoms with Gasteiger partial charge in [-0.15, -0.1) is 0 Å². The van der Waals surface area contributed by atoms with E-state index in [1.165, 1.54) is 0 Å². The smallest absolute Gasteiger partial charge is 0.150 e. The largest absolute Gasteiger partial charge is 0.298 e. The van der Waals surface area contributed by atoms with E-state index in [-0.39, 0.29) is 0 Å². The van der Waals surface area contributed by atoms with Crippen LogP contribution < -0.4 is 0 Å². The molecule has 0 aliphatic rings. The second-order valence-electron chi connectivity index (χ2n) is 3.78. The van der Waals surface area contributed by atoms with E-state index in [0.29, 0.717) is 11.8 Å². The minimum atomic E-state index is 0.446. The zero-order valence-corrected chi connectivity index (χ0v) is 12.4. The second kappa shape index (κ2) is 11.4. The summed E-state index contributed by atoms with van der Waals surface area (Å²) in [6.45, 7) is 14.5. The van der Waals surface area contributed by atoms with Crippen LogP contribution in [0.4, 0.5) is 0 Å². The van der Waals surface area contributed by atoms with Crippen LogP contribution >= 0.6 is 0 Å². The minimum absolute atomic E-state index is 0.446. The maximum Gasteiger partial charge on any atom is 0.150 e. The molecule has 1 rings (SSSR count). The first-order chi connectivity index (χ1) is 8.16. The predicted molar refractivity (Wildman–Crippen MR) is 77.8 cm³/mol. The maximum absolute atomic E-state index is 10.8. The molecule has 0 N–H and O–H groups in total. The van der Waals surface area contributed by atoms with Crippen LogP contribution in [0.25, 0.3) is 0 Å². The summed E-state index contributed by atoms with van der Waals surface area (Å²) in [5.74, 6) is 1.02. The van der Waals surface area contributed by atoms with E-state index in [0.717, 1.165) is 17.4 Å². The molecule has 0 radical (unpaired) electrons. The topological polar surface area (TPSA) is 17.1 Å². The Hall–Kier alpha value is -1.11. The van der Waals surface area contributed by atoms with Crippen molar-refractivity contribution in [2.24, 2.45) is 5.92 Å². The third-order valence-corrected chi connectivity index (χ3v) is 2.61. The fraction of sp³-hybridized carbons (Fsp3) is 0.562. The van der Waals surface area contributed by atoms with Crippen LogP contribution in [0.3, 0.4) is 0 Å². The van der Waals surface area contributed by atoms with E-state index >= 15 is 0 Å². The van der Waals surface area contributed by atoms with E-state index in [4.69, 9.17) is 0 Å². The molecule has 17 heavy (non-hydrogen) atoms. The van der Waals surface area contributed by atoms with Gasteiger partial charge in [0.1, 0.15) is 6.29 Å². The number of hydrogen-bond acceptors (Lipinski definition) is 1. The van der Waals surface area contributed by atoms with Crippen molar-refractivity contribution >= 4 is 6.29 Å². The van der Waals surface area contributed by atoms with Crippen molar-refractivity contribution in [1.82, 2.24) is 0 Å².